The van der Waals surface area contributed by atoms with E-state index in [9.17, 15) is 8.42 Å². The molecule has 8 heteroatoms. The molecule has 1 saturated carbocycles. The van der Waals surface area contributed by atoms with Gasteiger partial charge in [0.05, 0.1) is 29.6 Å². The summed E-state index contributed by atoms with van der Waals surface area (Å²) in [4.78, 5) is 7.76. The minimum Gasteiger partial charge on any atom is -0.496 e. The summed E-state index contributed by atoms with van der Waals surface area (Å²) in [6.07, 6.45) is 5.35. The number of nitrogens with zero attached hydrogens (tertiary/aromatic N) is 4. The molecular weight excluding hydrogens is 448 g/mol. The first-order valence-corrected chi connectivity index (χ1v) is 13.8. The summed E-state index contributed by atoms with van der Waals surface area (Å²) in [5, 5.41) is 0. The van der Waals surface area contributed by atoms with E-state index in [1.165, 1.54) is 18.4 Å². The zero-order valence-corrected chi connectivity index (χ0v) is 20.9. The van der Waals surface area contributed by atoms with E-state index >= 15 is 0 Å². The quantitative estimate of drug-likeness (QED) is 0.452. The summed E-state index contributed by atoms with van der Waals surface area (Å²) in [6, 6.07) is 14.2. The molecule has 0 spiro atoms. The number of rotatable bonds is 9. The molecule has 1 saturated heterocycles. The Morgan fingerprint density at radius 1 is 1.06 bits per heavy atom. The van der Waals surface area contributed by atoms with Gasteiger partial charge in [0.2, 0.25) is 10.0 Å². The molecule has 2 aliphatic rings. The first-order chi connectivity index (χ1) is 16.5. The molecule has 2 aromatic carbocycles. The molecular formula is C26H34N4O3S. The van der Waals surface area contributed by atoms with Crippen LogP contribution in [-0.2, 0) is 29.7 Å². The van der Waals surface area contributed by atoms with Crippen LogP contribution in [0.2, 0.25) is 0 Å². The topological polar surface area (TPSA) is 67.7 Å². The molecule has 0 N–H and O–H groups in total. The van der Waals surface area contributed by atoms with Crippen LogP contribution in [-0.4, -0.2) is 53.4 Å². The lowest BCUT2D eigenvalue weighted by Crippen LogP contribution is -2.35. The number of benzene rings is 2. The first kappa shape index (κ1) is 23.3. The summed E-state index contributed by atoms with van der Waals surface area (Å²) in [5.41, 5.74) is 2.91. The van der Waals surface area contributed by atoms with Crippen LogP contribution in [0, 0.1) is 0 Å². The summed E-state index contributed by atoms with van der Waals surface area (Å²) < 4.78 is 35.8. The number of para-hydroxylation sites is 1. The highest BCUT2D eigenvalue weighted by molar-refractivity contribution is 7.89. The highest BCUT2D eigenvalue weighted by atomic mass is 32.2. The fourth-order valence-electron chi connectivity index (χ4n) is 5.04. The second-order valence-electron chi connectivity index (χ2n) is 9.34. The van der Waals surface area contributed by atoms with E-state index in [0.29, 0.717) is 24.0 Å². The van der Waals surface area contributed by atoms with Crippen molar-refractivity contribution in [2.24, 2.45) is 0 Å². The smallest absolute Gasteiger partial charge is 0.243 e. The third-order valence-electron chi connectivity index (χ3n) is 7.04. The van der Waals surface area contributed by atoms with Gasteiger partial charge in [-0.25, -0.2) is 13.4 Å². The second-order valence-corrected chi connectivity index (χ2v) is 11.3. The van der Waals surface area contributed by atoms with Crippen LogP contribution in [0.25, 0.3) is 11.0 Å². The van der Waals surface area contributed by atoms with Crippen molar-refractivity contribution >= 4 is 21.1 Å². The SMILES string of the molecule is CCn1c(CN(Cc2ccccc2OC)C2CC2)nc2cc(S(=O)(=O)N3CCCCC3)ccc21. The Morgan fingerprint density at radius 3 is 2.53 bits per heavy atom. The minimum absolute atomic E-state index is 0.349. The lowest BCUT2D eigenvalue weighted by Gasteiger charge is -2.25. The number of aromatic nitrogens is 2. The van der Waals surface area contributed by atoms with Gasteiger partial charge in [0.1, 0.15) is 11.6 Å². The van der Waals surface area contributed by atoms with Gasteiger partial charge in [0, 0.05) is 37.8 Å². The molecule has 1 aliphatic carbocycles. The van der Waals surface area contributed by atoms with Crippen LogP contribution in [0.4, 0.5) is 0 Å². The Labute approximate surface area is 202 Å². The Kier molecular flexibility index (Phi) is 6.64. The van der Waals surface area contributed by atoms with Gasteiger partial charge in [-0.3, -0.25) is 4.90 Å². The second kappa shape index (κ2) is 9.68. The Bertz CT molecular complexity index is 1260. The molecule has 1 aliphatic heterocycles. The summed E-state index contributed by atoms with van der Waals surface area (Å²) in [5.74, 6) is 1.89. The van der Waals surface area contributed by atoms with Gasteiger partial charge >= 0.3 is 0 Å². The Hall–Kier alpha value is -2.42. The molecule has 7 nitrogen and oxygen atoms in total. The zero-order chi connectivity index (χ0) is 23.7. The largest absolute Gasteiger partial charge is 0.496 e. The van der Waals surface area contributed by atoms with E-state index in [-0.39, 0.29) is 0 Å². The monoisotopic (exact) mass is 482 g/mol. The van der Waals surface area contributed by atoms with Gasteiger partial charge in [-0.15, -0.1) is 0 Å². The number of hydrogen-bond acceptors (Lipinski definition) is 5. The van der Waals surface area contributed by atoms with Crippen LogP contribution < -0.4 is 4.74 Å². The molecule has 2 heterocycles. The normalized spacial score (nSPS) is 17.5. The molecule has 5 rings (SSSR count). The van der Waals surface area contributed by atoms with Crippen molar-refractivity contribution in [3.8, 4) is 5.75 Å². The van der Waals surface area contributed by atoms with Crippen LogP contribution in [0.15, 0.2) is 47.4 Å². The Balaban J connectivity index is 1.44. The maximum absolute atomic E-state index is 13.2. The lowest BCUT2D eigenvalue weighted by atomic mass is 10.2. The van der Waals surface area contributed by atoms with Crippen molar-refractivity contribution in [2.75, 3.05) is 20.2 Å². The van der Waals surface area contributed by atoms with Crippen molar-refractivity contribution in [3.05, 3.63) is 53.9 Å². The van der Waals surface area contributed by atoms with E-state index in [0.717, 1.165) is 61.5 Å². The van der Waals surface area contributed by atoms with Crippen molar-refractivity contribution in [1.82, 2.24) is 18.8 Å². The maximum Gasteiger partial charge on any atom is 0.243 e. The number of piperidine rings is 1. The molecule has 0 amide bonds. The van der Waals surface area contributed by atoms with Gasteiger partial charge in [-0.1, -0.05) is 24.6 Å². The zero-order valence-electron chi connectivity index (χ0n) is 20.1. The van der Waals surface area contributed by atoms with Crippen LogP contribution >= 0.6 is 0 Å². The van der Waals surface area contributed by atoms with Crippen molar-refractivity contribution in [3.63, 3.8) is 0 Å². The van der Waals surface area contributed by atoms with E-state index in [1.807, 2.05) is 18.2 Å². The van der Waals surface area contributed by atoms with E-state index in [4.69, 9.17) is 9.72 Å². The van der Waals surface area contributed by atoms with Crippen LogP contribution in [0.1, 0.15) is 50.4 Å². The fraction of sp³-hybridized carbons (Fsp3) is 0.500. The number of ether oxygens (including phenoxy) is 1. The standard InChI is InChI=1S/C26H34N4O3S/c1-3-30-24-14-13-22(34(31,32)29-15-7-4-8-16-29)17-23(24)27-26(30)19-28(21-11-12-21)18-20-9-5-6-10-25(20)33-2/h5-6,9-10,13-14,17,21H,3-4,7-8,11-12,15-16,18-19H2,1-2H3. The van der Waals surface area contributed by atoms with Crippen molar-refractivity contribution in [1.29, 1.82) is 0 Å². The number of fused-ring (bicyclic) bond motifs is 1. The molecule has 1 aromatic heterocycles. The third kappa shape index (κ3) is 4.59. The lowest BCUT2D eigenvalue weighted by molar-refractivity contribution is 0.233. The summed E-state index contributed by atoms with van der Waals surface area (Å²) in [7, 11) is -1.76. The van der Waals surface area contributed by atoms with Gasteiger partial charge in [0.25, 0.3) is 0 Å². The van der Waals surface area contributed by atoms with E-state index < -0.39 is 10.0 Å². The van der Waals surface area contributed by atoms with Gasteiger partial charge in [0.15, 0.2) is 0 Å². The molecule has 182 valence electrons. The first-order valence-electron chi connectivity index (χ1n) is 12.4. The molecule has 34 heavy (non-hydrogen) atoms. The van der Waals surface area contributed by atoms with E-state index in [2.05, 4.69) is 28.5 Å². The number of sulfonamides is 1. The van der Waals surface area contributed by atoms with Gasteiger partial charge in [-0.05, 0) is 56.9 Å². The van der Waals surface area contributed by atoms with Gasteiger partial charge in [-0.2, -0.15) is 4.31 Å². The number of imidazole rings is 1. The van der Waals surface area contributed by atoms with Gasteiger partial charge < -0.3 is 9.30 Å². The van der Waals surface area contributed by atoms with Crippen molar-refractivity contribution < 1.29 is 13.2 Å². The molecule has 0 bridgehead atoms. The molecule has 2 fully saturated rings. The van der Waals surface area contributed by atoms with E-state index in [1.54, 1.807) is 23.5 Å². The molecule has 3 aromatic rings. The average Bonchev–Trinajstić information content (AvgIpc) is 3.65. The molecule has 0 radical (unpaired) electrons. The summed E-state index contributed by atoms with van der Waals surface area (Å²) >= 11 is 0. The third-order valence-corrected chi connectivity index (χ3v) is 8.94. The Morgan fingerprint density at radius 2 is 1.82 bits per heavy atom. The number of methoxy groups -OCH3 is 1. The predicted molar refractivity (Wildman–Crippen MR) is 133 cm³/mol. The molecule has 0 atom stereocenters. The maximum atomic E-state index is 13.2. The number of aryl methyl sites for hydroxylation is 1. The minimum atomic E-state index is -3.48. The highest BCUT2D eigenvalue weighted by Gasteiger charge is 2.31. The van der Waals surface area contributed by atoms with Crippen LogP contribution in [0.5, 0.6) is 5.75 Å². The van der Waals surface area contributed by atoms with Crippen LogP contribution in [0.3, 0.4) is 0 Å². The fourth-order valence-corrected chi connectivity index (χ4v) is 6.57. The molecule has 0 unspecified atom stereocenters. The summed E-state index contributed by atoms with van der Waals surface area (Å²) in [6.45, 7) is 5.64. The van der Waals surface area contributed by atoms with Crippen molar-refractivity contribution in [2.45, 2.75) is 69.6 Å². The highest BCUT2D eigenvalue weighted by Crippen LogP contribution is 2.32. The predicted octanol–water partition coefficient (Wildman–Crippen LogP) is 4.40. The number of hydrogen-bond donors (Lipinski definition) is 0. The average molecular weight is 483 g/mol.